The second-order valence-corrected chi connectivity index (χ2v) is 6.66. The van der Waals surface area contributed by atoms with Gasteiger partial charge in [-0.05, 0) is 23.1 Å². The molecular weight excluding hydrogens is 306 g/mol. The number of carbonyl (C=O) groups is 1. The van der Waals surface area contributed by atoms with Crippen LogP contribution in [0.2, 0.25) is 0 Å². The Morgan fingerprint density at radius 2 is 1.28 bits per heavy atom. The minimum atomic E-state index is -0.191. The fourth-order valence-electron chi connectivity index (χ4n) is 3.76. The lowest BCUT2D eigenvalue weighted by Gasteiger charge is -2.19. The summed E-state index contributed by atoms with van der Waals surface area (Å²) >= 11 is 0. The summed E-state index contributed by atoms with van der Waals surface area (Å²) in [7, 11) is 0. The molecule has 1 saturated carbocycles. The van der Waals surface area contributed by atoms with Crippen LogP contribution in [-0.2, 0) is 16.8 Å². The first-order valence-electron chi connectivity index (χ1n) is 8.73. The molecule has 0 aromatic heterocycles. The summed E-state index contributed by atoms with van der Waals surface area (Å²) in [5.41, 5.74) is 3.38. The van der Waals surface area contributed by atoms with Crippen molar-refractivity contribution >= 4 is 5.91 Å². The molecule has 2 heteroatoms. The molecular formula is C23H21NO. The van der Waals surface area contributed by atoms with Gasteiger partial charge in [-0.3, -0.25) is 4.79 Å². The van der Waals surface area contributed by atoms with Crippen molar-refractivity contribution in [2.45, 2.75) is 18.4 Å². The van der Waals surface area contributed by atoms with Crippen LogP contribution >= 0.6 is 0 Å². The molecule has 1 atom stereocenters. The number of rotatable bonds is 5. The predicted octanol–water partition coefficient (Wildman–Crippen LogP) is 4.31. The lowest BCUT2D eigenvalue weighted by Crippen LogP contribution is -2.28. The van der Waals surface area contributed by atoms with Crippen molar-refractivity contribution in [1.29, 1.82) is 0 Å². The van der Waals surface area contributed by atoms with Crippen molar-refractivity contribution in [2.24, 2.45) is 5.92 Å². The van der Waals surface area contributed by atoms with Gasteiger partial charge in [-0.2, -0.15) is 0 Å². The maximum Gasteiger partial charge on any atom is 0.224 e. The summed E-state index contributed by atoms with van der Waals surface area (Å²) in [4.78, 5) is 12.8. The van der Waals surface area contributed by atoms with Gasteiger partial charge in [0.15, 0.2) is 0 Å². The fraction of sp³-hybridized carbons (Fsp3) is 0.174. The number of benzene rings is 3. The molecule has 0 bridgehead atoms. The molecule has 124 valence electrons. The van der Waals surface area contributed by atoms with E-state index in [1.807, 2.05) is 42.5 Å². The lowest BCUT2D eigenvalue weighted by molar-refractivity contribution is -0.122. The largest absolute Gasteiger partial charge is 0.352 e. The average molecular weight is 327 g/mol. The Bertz CT molecular complexity index is 804. The van der Waals surface area contributed by atoms with Crippen molar-refractivity contribution in [1.82, 2.24) is 5.32 Å². The van der Waals surface area contributed by atoms with E-state index in [1.54, 1.807) is 0 Å². The summed E-state index contributed by atoms with van der Waals surface area (Å²) in [6, 6.07) is 30.9. The van der Waals surface area contributed by atoms with E-state index in [0.29, 0.717) is 6.54 Å². The average Bonchev–Trinajstić information content (AvgIpc) is 3.45. The molecule has 1 amide bonds. The Hall–Kier alpha value is -2.87. The van der Waals surface area contributed by atoms with Crippen LogP contribution in [0.15, 0.2) is 91.0 Å². The van der Waals surface area contributed by atoms with Gasteiger partial charge < -0.3 is 5.32 Å². The van der Waals surface area contributed by atoms with Crippen LogP contribution < -0.4 is 5.32 Å². The molecule has 3 aromatic rings. The van der Waals surface area contributed by atoms with E-state index < -0.39 is 0 Å². The SMILES string of the molecule is O=C(NCc1ccccc1)C1CC1(c1ccccc1)c1ccccc1. The summed E-state index contributed by atoms with van der Waals surface area (Å²) in [6.45, 7) is 0.579. The molecule has 1 unspecified atom stereocenters. The molecule has 0 spiro atoms. The van der Waals surface area contributed by atoms with E-state index in [2.05, 4.69) is 53.8 Å². The zero-order chi connectivity index (χ0) is 17.1. The first kappa shape index (κ1) is 15.6. The second-order valence-electron chi connectivity index (χ2n) is 6.66. The van der Waals surface area contributed by atoms with E-state index in [-0.39, 0.29) is 17.2 Å². The first-order chi connectivity index (χ1) is 12.3. The van der Waals surface area contributed by atoms with Crippen LogP contribution in [0.25, 0.3) is 0 Å². The highest BCUT2D eigenvalue weighted by Gasteiger charge is 2.60. The fourth-order valence-corrected chi connectivity index (χ4v) is 3.76. The van der Waals surface area contributed by atoms with Crippen molar-refractivity contribution in [3.63, 3.8) is 0 Å². The van der Waals surface area contributed by atoms with Crippen LogP contribution in [0.5, 0.6) is 0 Å². The van der Waals surface area contributed by atoms with Crippen LogP contribution in [-0.4, -0.2) is 5.91 Å². The van der Waals surface area contributed by atoms with Gasteiger partial charge in [0.05, 0.1) is 5.92 Å². The quantitative estimate of drug-likeness (QED) is 0.743. The molecule has 25 heavy (non-hydrogen) atoms. The standard InChI is InChI=1S/C23H21NO/c25-22(24-17-18-10-4-1-5-11-18)21-16-23(21,19-12-6-2-7-13-19)20-14-8-3-9-15-20/h1-15,21H,16-17H2,(H,24,25). The van der Waals surface area contributed by atoms with Gasteiger partial charge in [0.25, 0.3) is 0 Å². The van der Waals surface area contributed by atoms with Gasteiger partial charge in [-0.15, -0.1) is 0 Å². The van der Waals surface area contributed by atoms with Crippen LogP contribution in [0.4, 0.5) is 0 Å². The molecule has 2 nitrogen and oxygen atoms in total. The first-order valence-corrected chi connectivity index (χ1v) is 8.73. The highest BCUT2D eigenvalue weighted by Crippen LogP contribution is 2.58. The van der Waals surface area contributed by atoms with Gasteiger partial charge in [0, 0.05) is 12.0 Å². The second kappa shape index (κ2) is 6.56. The lowest BCUT2D eigenvalue weighted by atomic mass is 9.85. The topological polar surface area (TPSA) is 29.1 Å². The van der Waals surface area contributed by atoms with Gasteiger partial charge >= 0.3 is 0 Å². The number of amides is 1. The van der Waals surface area contributed by atoms with Crippen LogP contribution in [0.3, 0.4) is 0 Å². The van der Waals surface area contributed by atoms with Crippen LogP contribution in [0, 0.1) is 5.92 Å². The summed E-state index contributed by atoms with van der Waals surface area (Å²) in [6.07, 6.45) is 0.863. The molecule has 1 fully saturated rings. The molecule has 3 aromatic carbocycles. The third-order valence-electron chi connectivity index (χ3n) is 5.16. The zero-order valence-electron chi connectivity index (χ0n) is 14.1. The monoisotopic (exact) mass is 327 g/mol. The Balaban J connectivity index is 1.57. The Kier molecular flexibility index (Phi) is 4.10. The predicted molar refractivity (Wildman–Crippen MR) is 100 cm³/mol. The number of hydrogen-bond donors (Lipinski definition) is 1. The van der Waals surface area contributed by atoms with Gasteiger partial charge in [0.2, 0.25) is 5.91 Å². The van der Waals surface area contributed by atoms with E-state index in [1.165, 1.54) is 11.1 Å². The van der Waals surface area contributed by atoms with Crippen LogP contribution in [0.1, 0.15) is 23.1 Å². The molecule has 1 aliphatic rings. The summed E-state index contributed by atoms with van der Waals surface area (Å²) in [5.74, 6) is 0.123. The van der Waals surface area contributed by atoms with Gasteiger partial charge in [-0.1, -0.05) is 91.0 Å². The van der Waals surface area contributed by atoms with Gasteiger partial charge in [-0.25, -0.2) is 0 Å². The molecule has 1 N–H and O–H groups in total. The van der Waals surface area contributed by atoms with Crippen molar-refractivity contribution in [2.75, 3.05) is 0 Å². The molecule has 1 aliphatic carbocycles. The van der Waals surface area contributed by atoms with Crippen molar-refractivity contribution in [3.05, 3.63) is 108 Å². The number of nitrogens with one attached hydrogen (secondary N) is 1. The molecule has 0 saturated heterocycles. The molecule has 0 heterocycles. The number of carbonyl (C=O) groups excluding carboxylic acids is 1. The smallest absolute Gasteiger partial charge is 0.224 e. The normalized spacial score (nSPS) is 17.7. The van der Waals surface area contributed by atoms with E-state index in [0.717, 1.165) is 12.0 Å². The highest BCUT2D eigenvalue weighted by atomic mass is 16.2. The Morgan fingerprint density at radius 3 is 1.80 bits per heavy atom. The Morgan fingerprint density at radius 1 is 0.800 bits per heavy atom. The zero-order valence-corrected chi connectivity index (χ0v) is 14.1. The summed E-state index contributed by atoms with van der Waals surface area (Å²) < 4.78 is 0. The highest BCUT2D eigenvalue weighted by molar-refractivity contribution is 5.86. The van der Waals surface area contributed by atoms with Crippen molar-refractivity contribution in [3.8, 4) is 0 Å². The molecule has 0 aliphatic heterocycles. The summed E-state index contributed by atoms with van der Waals surface area (Å²) in [5, 5.41) is 3.12. The molecule has 4 rings (SSSR count). The van der Waals surface area contributed by atoms with Gasteiger partial charge in [0.1, 0.15) is 0 Å². The van der Waals surface area contributed by atoms with Crippen molar-refractivity contribution < 1.29 is 4.79 Å². The third kappa shape index (κ3) is 2.96. The minimum Gasteiger partial charge on any atom is -0.352 e. The molecule has 0 radical (unpaired) electrons. The van der Waals surface area contributed by atoms with E-state index in [9.17, 15) is 4.79 Å². The Labute approximate surface area is 148 Å². The maximum absolute atomic E-state index is 12.8. The minimum absolute atomic E-state index is 0.0130. The van der Waals surface area contributed by atoms with E-state index >= 15 is 0 Å². The third-order valence-corrected chi connectivity index (χ3v) is 5.16. The maximum atomic E-state index is 12.8. The number of hydrogen-bond acceptors (Lipinski definition) is 1. The van der Waals surface area contributed by atoms with E-state index in [4.69, 9.17) is 0 Å².